The summed E-state index contributed by atoms with van der Waals surface area (Å²) in [5, 5.41) is 8.61. The Morgan fingerprint density at radius 1 is 1.19 bits per heavy atom. The van der Waals surface area contributed by atoms with Crippen LogP contribution in [-0.4, -0.2) is 20.7 Å². The van der Waals surface area contributed by atoms with E-state index in [0.29, 0.717) is 11.4 Å². The van der Waals surface area contributed by atoms with Gasteiger partial charge in [-0.2, -0.15) is 0 Å². The minimum atomic E-state index is -0.199. The number of aromatic nitrogens is 3. The number of hydrogen-bond donors (Lipinski definition) is 3. The number of carbonyl (C=O) groups excluding carboxylic acids is 1. The minimum absolute atomic E-state index is 0.139. The number of amides is 1. The van der Waals surface area contributed by atoms with Crippen LogP contribution in [0.3, 0.4) is 0 Å². The van der Waals surface area contributed by atoms with Gasteiger partial charge >= 0.3 is 0 Å². The lowest BCUT2D eigenvalue weighted by molar-refractivity contribution is -0.110. The third-order valence-electron chi connectivity index (χ3n) is 4.04. The van der Waals surface area contributed by atoms with E-state index < -0.39 is 0 Å². The largest absolute Gasteiger partial charge is 0.361 e. The number of nitrogens with zero attached hydrogens (tertiary/aromatic N) is 2. The fourth-order valence-corrected chi connectivity index (χ4v) is 3.13. The highest BCUT2D eigenvalue weighted by molar-refractivity contribution is 9.10. The molecule has 3 aromatic rings. The molecule has 1 amide bonds. The van der Waals surface area contributed by atoms with Crippen molar-refractivity contribution in [2.24, 2.45) is 0 Å². The van der Waals surface area contributed by atoms with Crippen molar-refractivity contribution in [3.05, 3.63) is 74.9 Å². The topological polar surface area (TPSA) is 91.8 Å². The molecule has 0 saturated carbocycles. The van der Waals surface area contributed by atoms with Crippen LogP contribution >= 0.6 is 15.9 Å². The molecule has 26 heavy (non-hydrogen) atoms. The Bertz CT molecular complexity index is 1100. The highest BCUT2D eigenvalue weighted by atomic mass is 79.9. The van der Waals surface area contributed by atoms with E-state index in [1.807, 2.05) is 37.3 Å². The van der Waals surface area contributed by atoms with Crippen LogP contribution in [0.5, 0.6) is 0 Å². The van der Waals surface area contributed by atoms with Crippen LogP contribution in [0.25, 0.3) is 11.3 Å². The molecule has 0 spiro atoms. The number of halogens is 1. The maximum atomic E-state index is 12.1. The maximum Gasteiger partial charge on any atom is 0.264 e. The summed E-state index contributed by atoms with van der Waals surface area (Å²) in [6.07, 6.45) is 3.30. The summed E-state index contributed by atoms with van der Waals surface area (Å²) in [6.45, 7) is 1.86. The van der Waals surface area contributed by atoms with Crippen LogP contribution < -0.4 is 16.2 Å². The second kappa shape index (κ2) is 6.30. The zero-order chi connectivity index (χ0) is 18.3. The second-order valence-electron chi connectivity index (χ2n) is 5.85. The SMILES string of the molecule is Cc1cc(=O)[nH]n1-c1ccc(NC=C2C(=O)Nc3ncc(Br)cc32)cc1. The molecule has 0 aliphatic carbocycles. The molecule has 8 heteroatoms. The van der Waals surface area contributed by atoms with Crippen LogP contribution in [-0.2, 0) is 4.79 Å². The van der Waals surface area contributed by atoms with Gasteiger partial charge in [-0.15, -0.1) is 0 Å². The number of H-pyrrole nitrogens is 1. The average molecular weight is 412 g/mol. The zero-order valence-corrected chi connectivity index (χ0v) is 15.3. The van der Waals surface area contributed by atoms with Crippen molar-refractivity contribution in [3.63, 3.8) is 0 Å². The molecule has 3 N–H and O–H groups in total. The van der Waals surface area contributed by atoms with Crippen molar-refractivity contribution in [2.45, 2.75) is 6.92 Å². The molecule has 7 nitrogen and oxygen atoms in total. The van der Waals surface area contributed by atoms with Crippen LogP contribution in [0.1, 0.15) is 11.3 Å². The first-order valence-electron chi connectivity index (χ1n) is 7.84. The molecule has 0 unspecified atom stereocenters. The minimum Gasteiger partial charge on any atom is -0.361 e. The third kappa shape index (κ3) is 2.95. The first-order chi connectivity index (χ1) is 12.5. The van der Waals surface area contributed by atoms with Gasteiger partial charge in [0.25, 0.3) is 11.5 Å². The van der Waals surface area contributed by atoms with Gasteiger partial charge in [0.05, 0.1) is 11.3 Å². The van der Waals surface area contributed by atoms with Crippen LogP contribution in [0, 0.1) is 6.92 Å². The Morgan fingerprint density at radius 2 is 1.96 bits per heavy atom. The van der Waals surface area contributed by atoms with E-state index in [9.17, 15) is 9.59 Å². The normalized spacial score (nSPS) is 14.4. The van der Waals surface area contributed by atoms with Crippen LogP contribution in [0.2, 0.25) is 0 Å². The Hall–Kier alpha value is -3.13. The van der Waals surface area contributed by atoms with Crippen molar-refractivity contribution >= 4 is 38.9 Å². The fourth-order valence-electron chi connectivity index (χ4n) is 2.80. The summed E-state index contributed by atoms with van der Waals surface area (Å²) in [5.41, 5.74) is 3.62. The van der Waals surface area contributed by atoms with Gasteiger partial charge in [0, 0.05) is 39.9 Å². The van der Waals surface area contributed by atoms with E-state index in [4.69, 9.17) is 0 Å². The fraction of sp³-hybridized carbons (Fsp3) is 0.0556. The molecule has 0 atom stereocenters. The van der Waals surface area contributed by atoms with E-state index in [1.54, 1.807) is 23.1 Å². The molecule has 1 aromatic carbocycles. The van der Waals surface area contributed by atoms with Crippen molar-refractivity contribution in [3.8, 4) is 5.69 Å². The monoisotopic (exact) mass is 411 g/mol. The molecule has 3 heterocycles. The molecular formula is C18H14BrN5O2. The average Bonchev–Trinajstić information content (AvgIpc) is 3.11. The van der Waals surface area contributed by atoms with Crippen molar-refractivity contribution < 1.29 is 4.79 Å². The summed E-state index contributed by atoms with van der Waals surface area (Å²) < 4.78 is 2.52. The predicted octanol–water partition coefficient (Wildman–Crippen LogP) is 3.04. The summed E-state index contributed by atoms with van der Waals surface area (Å²) >= 11 is 3.37. The van der Waals surface area contributed by atoms with Crippen LogP contribution in [0.15, 0.2) is 58.1 Å². The zero-order valence-electron chi connectivity index (χ0n) is 13.7. The second-order valence-corrected chi connectivity index (χ2v) is 6.77. The number of fused-ring (bicyclic) bond motifs is 1. The summed E-state index contributed by atoms with van der Waals surface area (Å²) in [7, 11) is 0. The summed E-state index contributed by atoms with van der Waals surface area (Å²) in [4.78, 5) is 27.7. The lowest BCUT2D eigenvalue weighted by atomic mass is 10.1. The van der Waals surface area contributed by atoms with Gasteiger partial charge in [-0.25, -0.2) is 4.98 Å². The van der Waals surface area contributed by atoms with Crippen LogP contribution in [0.4, 0.5) is 11.5 Å². The van der Waals surface area contributed by atoms with Crippen molar-refractivity contribution in [2.75, 3.05) is 10.6 Å². The van der Waals surface area contributed by atoms with Crippen molar-refractivity contribution in [1.82, 2.24) is 14.8 Å². The number of anilines is 2. The summed E-state index contributed by atoms with van der Waals surface area (Å²) in [5.74, 6) is 0.351. The number of aromatic amines is 1. The number of aryl methyl sites for hydroxylation is 1. The Kier molecular flexibility index (Phi) is 3.96. The van der Waals surface area contributed by atoms with Gasteiger partial charge < -0.3 is 10.6 Å². The molecule has 130 valence electrons. The molecule has 0 saturated heterocycles. The number of hydrogen-bond acceptors (Lipinski definition) is 4. The molecule has 0 radical (unpaired) electrons. The molecule has 1 aliphatic heterocycles. The number of nitrogens with one attached hydrogen (secondary N) is 3. The van der Waals surface area contributed by atoms with E-state index >= 15 is 0 Å². The molecule has 2 aromatic heterocycles. The van der Waals surface area contributed by atoms with Gasteiger partial charge in [0.2, 0.25) is 0 Å². The first-order valence-corrected chi connectivity index (χ1v) is 8.63. The smallest absolute Gasteiger partial charge is 0.264 e. The van der Waals surface area contributed by atoms with Gasteiger partial charge in [-0.05, 0) is 53.2 Å². The quantitative estimate of drug-likeness (QED) is 0.577. The summed E-state index contributed by atoms with van der Waals surface area (Å²) in [6, 6.07) is 10.9. The molecule has 4 rings (SSSR count). The van der Waals surface area contributed by atoms with Gasteiger partial charge in [0.15, 0.2) is 0 Å². The number of benzene rings is 1. The number of pyridine rings is 1. The van der Waals surface area contributed by atoms with Crippen molar-refractivity contribution in [1.29, 1.82) is 0 Å². The predicted molar refractivity (Wildman–Crippen MR) is 103 cm³/mol. The standard InChI is InChI=1S/C18H14BrN5O2/c1-10-6-16(25)23-24(10)13-4-2-12(3-5-13)20-9-15-14-7-11(19)8-21-17(14)22-18(15)26/h2-9,20H,1H3,(H,23,25)(H,21,22,26). The molecule has 1 aliphatic rings. The molecule has 0 bridgehead atoms. The number of rotatable bonds is 3. The van der Waals surface area contributed by atoms with Gasteiger partial charge in [-0.1, -0.05) is 0 Å². The Balaban J connectivity index is 1.58. The Morgan fingerprint density at radius 3 is 2.65 bits per heavy atom. The number of carbonyl (C=O) groups is 1. The molecular weight excluding hydrogens is 398 g/mol. The van der Waals surface area contributed by atoms with E-state index in [0.717, 1.165) is 27.1 Å². The lowest BCUT2D eigenvalue weighted by Crippen LogP contribution is -2.06. The highest BCUT2D eigenvalue weighted by Gasteiger charge is 2.25. The van der Waals surface area contributed by atoms with E-state index in [-0.39, 0.29) is 11.5 Å². The highest BCUT2D eigenvalue weighted by Crippen LogP contribution is 2.31. The van der Waals surface area contributed by atoms with Gasteiger partial charge in [0.1, 0.15) is 5.82 Å². The molecule has 0 fully saturated rings. The third-order valence-corrected chi connectivity index (χ3v) is 4.48. The maximum absolute atomic E-state index is 12.1. The first kappa shape index (κ1) is 16.3. The lowest BCUT2D eigenvalue weighted by Gasteiger charge is -2.07. The van der Waals surface area contributed by atoms with E-state index in [1.165, 1.54) is 0 Å². The van der Waals surface area contributed by atoms with E-state index in [2.05, 4.69) is 36.6 Å². The Labute approximate surface area is 156 Å². The van der Waals surface area contributed by atoms with Gasteiger partial charge in [-0.3, -0.25) is 19.4 Å².